The summed E-state index contributed by atoms with van der Waals surface area (Å²) >= 11 is 0. The molecule has 0 radical (unpaired) electrons. The van der Waals surface area contributed by atoms with Crippen molar-refractivity contribution in [2.45, 2.75) is 50.5 Å². The maximum atomic E-state index is 11.1. The first kappa shape index (κ1) is 9.07. The summed E-state index contributed by atoms with van der Waals surface area (Å²) in [7, 11) is 0. The van der Waals surface area contributed by atoms with Gasteiger partial charge in [0.2, 0.25) is 0 Å². The van der Waals surface area contributed by atoms with Crippen molar-refractivity contribution < 1.29 is 4.79 Å². The highest BCUT2D eigenvalue weighted by molar-refractivity contribution is 5.74. The Morgan fingerprint density at radius 1 is 1.20 bits per heavy atom. The fourth-order valence-corrected chi connectivity index (χ4v) is 2.30. The summed E-state index contributed by atoms with van der Waals surface area (Å²) in [6.45, 7) is 0. The van der Waals surface area contributed by atoms with Crippen LogP contribution in [0.2, 0.25) is 0 Å². The van der Waals surface area contributed by atoms with Gasteiger partial charge in [-0.3, -0.25) is 4.79 Å². The third-order valence-corrected chi connectivity index (χ3v) is 3.78. The number of carbonyl (C=O) groups is 1. The van der Waals surface area contributed by atoms with E-state index < -0.39 is 0 Å². The molecule has 2 saturated carbocycles. The van der Waals surface area contributed by atoms with Crippen LogP contribution in [-0.2, 0) is 0 Å². The van der Waals surface area contributed by atoms with E-state index in [-0.39, 0.29) is 0 Å². The van der Waals surface area contributed by atoms with Gasteiger partial charge in [0, 0.05) is 5.92 Å². The molecule has 0 aromatic carbocycles. The molecule has 0 saturated heterocycles. The van der Waals surface area contributed by atoms with Gasteiger partial charge in [0.15, 0.2) is 6.29 Å². The van der Waals surface area contributed by atoms with Crippen LogP contribution in [0.1, 0.15) is 66.7 Å². The van der Waals surface area contributed by atoms with Gasteiger partial charge < -0.3 is 0 Å². The summed E-state index contributed by atoms with van der Waals surface area (Å²) in [5.74, 6) is 0.499. The van der Waals surface area contributed by atoms with Gasteiger partial charge in [-0.15, -0.1) is 5.10 Å². The second-order valence-electron chi connectivity index (χ2n) is 4.63. The second-order valence-corrected chi connectivity index (χ2v) is 4.63. The molecule has 2 fully saturated rings. The van der Waals surface area contributed by atoms with Gasteiger partial charge in [-0.25, -0.2) is 4.68 Å². The van der Waals surface area contributed by atoms with Crippen molar-refractivity contribution >= 4 is 6.29 Å². The van der Waals surface area contributed by atoms with E-state index in [4.69, 9.17) is 0 Å². The Kier molecular flexibility index (Phi) is 2.08. The molecule has 4 nitrogen and oxygen atoms in total. The highest BCUT2D eigenvalue weighted by atomic mass is 16.1. The highest BCUT2D eigenvalue weighted by Crippen LogP contribution is 2.38. The van der Waals surface area contributed by atoms with Gasteiger partial charge >= 0.3 is 0 Å². The lowest BCUT2D eigenvalue weighted by Crippen LogP contribution is -2.21. The number of aldehydes is 1. The Labute approximate surface area is 88.7 Å². The van der Waals surface area contributed by atoms with E-state index in [1.807, 2.05) is 4.68 Å². The van der Waals surface area contributed by atoms with Gasteiger partial charge in [0.1, 0.15) is 5.69 Å². The summed E-state index contributed by atoms with van der Waals surface area (Å²) in [6, 6.07) is 0.437. The first-order valence-corrected chi connectivity index (χ1v) is 5.80. The van der Waals surface area contributed by atoms with Gasteiger partial charge in [-0.05, 0) is 32.1 Å². The van der Waals surface area contributed by atoms with Crippen molar-refractivity contribution in [3.63, 3.8) is 0 Å². The number of nitrogens with zero attached hydrogens (tertiary/aromatic N) is 3. The average Bonchev–Trinajstić information content (AvgIpc) is 2.43. The predicted octanol–water partition coefficient (Wildman–Crippen LogP) is 2.08. The van der Waals surface area contributed by atoms with E-state index in [0.29, 0.717) is 12.0 Å². The Morgan fingerprint density at radius 2 is 1.93 bits per heavy atom. The molecule has 0 bridgehead atoms. The van der Waals surface area contributed by atoms with Crippen LogP contribution >= 0.6 is 0 Å². The summed E-state index contributed by atoms with van der Waals surface area (Å²) in [6.07, 6.45) is 8.09. The normalized spacial score (nSPS) is 22.1. The van der Waals surface area contributed by atoms with Crippen LogP contribution < -0.4 is 0 Å². The van der Waals surface area contributed by atoms with Crippen molar-refractivity contribution in [1.82, 2.24) is 15.0 Å². The maximum absolute atomic E-state index is 11.1. The van der Waals surface area contributed by atoms with Crippen LogP contribution in [0.15, 0.2) is 0 Å². The molecule has 2 aliphatic carbocycles. The number of carbonyl (C=O) groups excluding carboxylic acids is 1. The van der Waals surface area contributed by atoms with E-state index in [2.05, 4.69) is 10.3 Å². The van der Waals surface area contributed by atoms with Gasteiger partial charge in [-0.2, -0.15) is 0 Å². The molecule has 2 aliphatic rings. The third kappa shape index (κ3) is 1.31. The van der Waals surface area contributed by atoms with Crippen LogP contribution in [0, 0.1) is 0 Å². The fourth-order valence-electron chi connectivity index (χ4n) is 2.30. The summed E-state index contributed by atoms with van der Waals surface area (Å²) in [5, 5.41) is 8.34. The first-order chi connectivity index (χ1) is 7.40. The zero-order valence-corrected chi connectivity index (χ0v) is 8.72. The van der Waals surface area contributed by atoms with Crippen molar-refractivity contribution in [3.8, 4) is 0 Å². The van der Waals surface area contributed by atoms with Crippen LogP contribution in [0.25, 0.3) is 0 Å². The molecule has 0 amide bonds. The van der Waals surface area contributed by atoms with E-state index in [0.717, 1.165) is 30.5 Å². The Hall–Kier alpha value is -1.19. The summed E-state index contributed by atoms with van der Waals surface area (Å²) < 4.78 is 1.85. The molecule has 0 aliphatic heterocycles. The number of hydrogen-bond acceptors (Lipinski definition) is 3. The molecule has 1 heterocycles. The van der Waals surface area contributed by atoms with Gasteiger partial charge in [-0.1, -0.05) is 11.6 Å². The lowest BCUT2D eigenvalue weighted by molar-refractivity contribution is 0.110. The molecular formula is C11H15N3O. The lowest BCUT2D eigenvalue weighted by atomic mass is 9.82. The van der Waals surface area contributed by atoms with E-state index in [1.165, 1.54) is 25.7 Å². The van der Waals surface area contributed by atoms with Crippen molar-refractivity contribution in [2.24, 2.45) is 0 Å². The van der Waals surface area contributed by atoms with Crippen molar-refractivity contribution in [3.05, 3.63) is 11.4 Å². The van der Waals surface area contributed by atoms with Crippen LogP contribution in [0.5, 0.6) is 0 Å². The maximum Gasteiger partial charge on any atom is 0.170 e. The monoisotopic (exact) mass is 205 g/mol. The predicted molar refractivity (Wildman–Crippen MR) is 54.9 cm³/mol. The zero-order chi connectivity index (χ0) is 10.3. The molecule has 80 valence electrons. The molecular weight excluding hydrogens is 190 g/mol. The minimum atomic E-state index is 0.437. The zero-order valence-electron chi connectivity index (χ0n) is 8.72. The second kappa shape index (κ2) is 3.43. The number of hydrogen-bond donors (Lipinski definition) is 0. The quantitative estimate of drug-likeness (QED) is 0.710. The first-order valence-electron chi connectivity index (χ1n) is 5.80. The van der Waals surface area contributed by atoms with Gasteiger partial charge in [0.25, 0.3) is 0 Å². The Bertz CT molecular complexity index is 346. The summed E-state index contributed by atoms with van der Waals surface area (Å²) in [5.41, 5.74) is 1.69. The minimum Gasteiger partial charge on any atom is -0.296 e. The van der Waals surface area contributed by atoms with Crippen molar-refractivity contribution in [1.29, 1.82) is 0 Å². The van der Waals surface area contributed by atoms with E-state index >= 15 is 0 Å². The van der Waals surface area contributed by atoms with Crippen LogP contribution in [0.4, 0.5) is 0 Å². The van der Waals surface area contributed by atoms with E-state index in [1.54, 1.807) is 0 Å². The topological polar surface area (TPSA) is 47.8 Å². The van der Waals surface area contributed by atoms with Gasteiger partial charge in [0.05, 0.1) is 11.7 Å². The molecule has 1 aromatic rings. The molecule has 0 atom stereocenters. The number of aromatic nitrogens is 3. The Balaban J connectivity index is 1.93. The molecule has 1 aromatic heterocycles. The third-order valence-electron chi connectivity index (χ3n) is 3.78. The smallest absolute Gasteiger partial charge is 0.170 e. The van der Waals surface area contributed by atoms with Crippen molar-refractivity contribution in [2.75, 3.05) is 0 Å². The fraction of sp³-hybridized carbons (Fsp3) is 0.727. The molecule has 0 unspecified atom stereocenters. The highest BCUT2D eigenvalue weighted by Gasteiger charge is 2.30. The van der Waals surface area contributed by atoms with Crippen LogP contribution in [0.3, 0.4) is 0 Å². The molecule has 4 heteroatoms. The molecule has 0 spiro atoms. The molecule has 3 rings (SSSR count). The van der Waals surface area contributed by atoms with E-state index in [9.17, 15) is 4.79 Å². The SMILES string of the molecule is O=Cc1c(C2CCC2)nnn1C1CCC1. The molecule has 0 N–H and O–H groups in total. The minimum absolute atomic E-state index is 0.437. The number of rotatable bonds is 3. The lowest BCUT2D eigenvalue weighted by Gasteiger charge is -2.27. The standard InChI is InChI=1S/C11H15N3O/c15-7-10-11(8-3-1-4-8)12-13-14(10)9-5-2-6-9/h7-9H,1-6H2. The summed E-state index contributed by atoms with van der Waals surface area (Å²) in [4.78, 5) is 11.1. The molecule has 15 heavy (non-hydrogen) atoms. The average molecular weight is 205 g/mol. The Morgan fingerprint density at radius 3 is 2.40 bits per heavy atom. The largest absolute Gasteiger partial charge is 0.296 e. The van der Waals surface area contributed by atoms with Crippen LogP contribution in [-0.4, -0.2) is 21.3 Å².